The van der Waals surface area contributed by atoms with Crippen molar-refractivity contribution in [3.8, 4) is 17.2 Å². The standard InChI is InChI=1S/C23H28N4O5S/c1-6-27(7-2)33(29,30)19-12-13-21(31-15(3)4)20(14-19)25-22(28)17-8-10-18(11-9-17)23-24-16(5)26-32-23/h8-15H,6-7H2,1-5H3,(H,25,28). The minimum atomic E-state index is -3.70. The zero-order valence-electron chi connectivity index (χ0n) is 19.3. The minimum Gasteiger partial charge on any atom is -0.489 e. The molecule has 0 saturated carbocycles. The number of ether oxygens (including phenoxy) is 1. The Kier molecular flexibility index (Phi) is 7.50. The summed E-state index contributed by atoms with van der Waals surface area (Å²) in [7, 11) is -3.70. The van der Waals surface area contributed by atoms with Gasteiger partial charge in [-0.3, -0.25) is 4.79 Å². The van der Waals surface area contributed by atoms with Gasteiger partial charge in [0, 0.05) is 24.2 Å². The Morgan fingerprint density at radius 3 is 2.33 bits per heavy atom. The number of hydrogen-bond donors (Lipinski definition) is 1. The van der Waals surface area contributed by atoms with Crippen molar-refractivity contribution in [1.29, 1.82) is 0 Å². The summed E-state index contributed by atoms with van der Waals surface area (Å²) in [6.07, 6.45) is -0.164. The molecule has 0 aliphatic carbocycles. The van der Waals surface area contributed by atoms with Crippen LogP contribution in [0.15, 0.2) is 51.9 Å². The molecule has 9 nitrogen and oxygen atoms in total. The molecule has 0 aliphatic rings. The first-order chi connectivity index (χ1) is 15.6. The number of benzene rings is 2. The van der Waals surface area contributed by atoms with E-state index in [0.717, 1.165) is 0 Å². The molecule has 1 heterocycles. The fourth-order valence-corrected chi connectivity index (χ4v) is 4.69. The van der Waals surface area contributed by atoms with E-state index in [0.29, 0.717) is 41.7 Å². The highest BCUT2D eigenvalue weighted by molar-refractivity contribution is 7.89. The molecule has 0 atom stereocenters. The van der Waals surface area contributed by atoms with Crippen LogP contribution in [0.2, 0.25) is 0 Å². The lowest BCUT2D eigenvalue weighted by Gasteiger charge is -2.20. The molecule has 0 unspecified atom stereocenters. The Morgan fingerprint density at radius 1 is 1.12 bits per heavy atom. The Hall–Kier alpha value is -3.24. The summed E-state index contributed by atoms with van der Waals surface area (Å²) in [4.78, 5) is 17.2. The smallest absolute Gasteiger partial charge is 0.257 e. The predicted octanol–water partition coefficient (Wildman–Crippen LogP) is 4.12. The number of anilines is 1. The highest BCUT2D eigenvalue weighted by atomic mass is 32.2. The third kappa shape index (κ3) is 5.58. The quantitative estimate of drug-likeness (QED) is 0.498. The van der Waals surface area contributed by atoms with Crippen LogP contribution < -0.4 is 10.1 Å². The summed E-state index contributed by atoms with van der Waals surface area (Å²) < 4.78 is 38.2. The molecule has 10 heteroatoms. The van der Waals surface area contributed by atoms with Crippen LogP contribution in [0.5, 0.6) is 5.75 Å². The number of amides is 1. The van der Waals surface area contributed by atoms with Crippen LogP contribution in [0.3, 0.4) is 0 Å². The van der Waals surface area contributed by atoms with E-state index in [9.17, 15) is 13.2 Å². The number of carbonyl (C=O) groups excluding carboxylic acids is 1. The fourth-order valence-electron chi connectivity index (χ4n) is 3.21. The maximum absolute atomic E-state index is 13.0. The van der Waals surface area contributed by atoms with E-state index >= 15 is 0 Å². The minimum absolute atomic E-state index is 0.0831. The van der Waals surface area contributed by atoms with Crippen LogP contribution in [0.4, 0.5) is 5.69 Å². The van der Waals surface area contributed by atoms with Crippen molar-refractivity contribution in [1.82, 2.24) is 14.4 Å². The molecule has 0 aliphatic heterocycles. The molecule has 3 rings (SSSR count). The Bertz CT molecular complexity index is 1220. The SMILES string of the molecule is CCN(CC)S(=O)(=O)c1ccc(OC(C)C)c(NC(=O)c2ccc(-c3nc(C)no3)cc2)c1. The summed E-state index contributed by atoms with van der Waals surface area (Å²) in [5.74, 6) is 0.856. The average molecular weight is 473 g/mol. The molecule has 176 valence electrons. The number of aromatic nitrogens is 2. The van der Waals surface area contributed by atoms with Crippen LogP contribution in [0.25, 0.3) is 11.5 Å². The van der Waals surface area contributed by atoms with E-state index in [1.807, 2.05) is 13.8 Å². The molecule has 0 fully saturated rings. The number of rotatable bonds is 9. The van der Waals surface area contributed by atoms with Crippen molar-refractivity contribution < 1.29 is 22.5 Å². The van der Waals surface area contributed by atoms with Crippen LogP contribution in [0.1, 0.15) is 43.9 Å². The van der Waals surface area contributed by atoms with Crippen LogP contribution in [-0.4, -0.2) is 48.0 Å². The molecule has 0 saturated heterocycles. The van der Waals surface area contributed by atoms with E-state index in [1.54, 1.807) is 51.1 Å². The van der Waals surface area contributed by atoms with Crippen LogP contribution >= 0.6 is 0 Å². The maximum Gasteiger partial charge on any atom is 0.257 e. The Morgan fingerprint density at radius 2 is 1.79 bits per heavy atom. The van der Waals surface area contributed by atoms with Gasteiger partial charge in [0.25, 0.3) is 11.8 Å². The fraction of sp³-hybridized carbons (Fsp3) is 0.348. The largest absolute Gasteiger partial charge is 0.489 e. The third-order valence-corrected chi connectivity index (χ3v) is 6.87. The van der Waals surface area contributed by atoms with E-state index in [2.05, 4.69) is 15.5 Å². The van der Waals surface area contributed by atoms with E-state index in [4.69, 9.17) is 9.26 Å². The van der Waals surface area contributed by atoms with Crippen molar-refractivity contribution >= 4 is 21.6 Å². The maximum atomic E-state index is 13.0. The molecule has 1 aromatic heterocycles. The second-order valence-electron chi connectivity index (χ2n) is 7.59. The van der Waals surface area contributed by atoms with Gasteiger partial charge in [-0.25, -0.2) is 8.42 Å². The first-order valence-electron chi connectivity index (χ1n) is 10.7. The third-order valence-electron chi connectivity index (χ3n) is 4.83. The molecule has 0 radical (unpaired) electrons. The molecule has 1 N–H and O–H groups in total. The number of sulfonamides is 1. The van der Waals surface area contributed by atoms with Crippen LogP contribution in [0, 0.1) is 6.92 Å². The second-order valence-corrected chi connectivity index (χ2v) is 9.53. The van der Waals surface area contributed by atoms with Gasteiger partial charge < -0.3 is 14.6 Å². The highest BCUT2D eigenvalue weighted by Gasteiger charge is 2.24. The molecule has 3 aromatic rings. The zero-order valence-corrected chi connectivity index (χ0v) is 20.1. The number of aryl methyl sites for hydroxylation is 1. The Labute approximate surface area is 193 Å². The average Bonchev–Trinajstić information content (AvgIpc) is 3.21. The number of nitrogens with zero attached hydrogens (tertiary/aromatic N) is 3. The van der Waals surface area contributed by atoms with Gasteiger partial charge in [0.05, 0.1) is 16.7 Å². The number of nitrogens with one attached hydrogen (secondary N) is 1. The van der Waals surface area contributed by atoms with Crippen molar-refractivity contribution in [3.05, 3.63) is 53.9 Å². The van der Waals surface area contributed by atoms with Gasteiger partial charge >= 0.3 is 0 Å². The molecule has 0 spiro atoms. The van der Waals surface area contributed by atoms with E-state index in [1.165, 1.54) is 16.4 Å². The summed E-state index contributed by atoms with van der Waals surface area (Å²) in [5, 5.41) is 6.55. The lowest BCUT2D eigenvalue weighted by molar-refractivity contribution is 0.102. The topological polar surface area (TPSA) is 115 Å². The lowest BCUT2D eigenvalue weighted by Crippen LogP contribution is -2.30. The highest BCUT2D eigenvalue weighted by Crippen LogP contribution is 2.30. The summed E-state index contributed by atoms with van der Waals surface area (Å²) >= 11 is 0. The van der Waals surface area contributed by atoms with Gasteiger partial charge in [-0.1, -0.05) is 19.0 Å². The summed E-state index contributed by atoms with van der Waals surface area (Å²) in [6.45, 7) is 9.67. The molecule has 2 aromatic carbocycles. The van der Waals surface area contributed by atoms with E-state index < -0.39 is 15.9 Å². The summed E-state index contributed by atoms with van der Waals surface area (Å²) in [6, 6.07) is 11.1. The first-order valence-corrected chi connectivity index (χ1v) is 12.1. The molecular weight excluding hydrogens is 444 g/mol. The van der Waals surface area contributed by atoms with Gasteiger partial charge in [-0.15, -0.1) is 0 Å². The molecule has 1 amide bonds. The lowest BCUT2D eigenvalue weighted by atomic mass is 10.1. The predicted molar refractivity (Wildman–Crippen MR) is 125 cm³/mol. The van der Waals surface area contributed by atoms with Crippen molar-refractivity contribution in [2.24, 2.45) is 0 Å². The van der Waals surface area contributed by atoms with Gasteiger partial charge in [0.15, 0.2) is 5.82 Å². The molecule has 33 heavy (non-hydrogen) atoms. The monoisotopic (exact) mass is 472 g/mol. The van der Waals surface area contributed by atoms with Crippen molar-refractivity contribution in [2.45, 2.75) is 45.6 Å². The van der Waals surface area contributed by atoms with Gasteiger partial charge in [-0.2, -0.15) is 9.29 Å². The normalized spacial score (nSPS) is 11.7. The number of hydrogen-bond acceptors (Lipinski definition) is 7. The second kappa shape index (κ2) is 10.1. The number of carbonyl (C=O) groups is 1. The van der Waals surface area contributed by atoms with Crippen molar-refractivity contribution in [2.75, 3.05) is 18.4 Å². The first kappa shape index (κ1) is 24.4. The van der Waals surface area contributed by atoms with Gasteiger partial charge in [0.1, 0.15) is 5.75 Å². The summed E-state index contributed by atoms with van der Waals surface area (Å²) in [5.41, 5.74) is 1.34. The Balaban J connectivity index is 1.90. The van der Waals surface area contributed by atoms with Crippen molar-refractivity contribution in [3.63, 3.8) is 0 Å². The van der Waals surface area contributed by atoms with E-state index in [-0.39, 0.29) is 16.7 Å². The molecular formula is C23H28N4O5S. The zero-order chi connectivity index (χ0) is 24.2. The molecule has 0 bridgehead atoms. The van der Waals surface area contributed by atoms with Gasteiger partial charge in [0.2, 0.25) is 10.0 Å². The van der Waals surface area contributed by atoms with Crippen LogP contribution in [-0.2, 0) is 10.0 Å². The van der Waals surface area contributed by atoms with Gasteiger partial charge in [-0.05, 0) is 63.2 Å².